The molecule has 1 unspecified atom stereocenters. The first kappa shape index (κ1) is 21.7. The topological polar surface area (TPSA) is 99.0 Å². The van der Waals surface area contributed by atoms with Gasteiger partial charge < -0.3 is 20.1 Å². The second-order valence-electron chi connectivity index (χ2n) is 7.46. The number of phenolic OH excluding ortho intramolecular Hbond substituents is 2. The van der Waals surface area contributed by atoms with E-state index in [0.29, 0.717) is 18.4 Å². The number of phenols is 2. The van der Waals surface area contributed by atoms with Crippen molar-refractivity contribution in [3.63, 3.8) is 0 Å². The van der Waals surface area contributed by atoms with E-state index in [9.17, 15) is 20.1 Å². The van der Waals surface area contributed by atoms with Gasteiger partial charge in [-0.3, -0.25) is 10.1 Å². The number of carbonyl (C=O) groups excluding carboxylic acids is 1. The number of hydrogen-bond donors (Lipinski definition) is 4. The van der Waals surface area contributed by atoms with Gasteiger partial charge in [0.1, 0.15) is 11.5 Å². The van der Waals surface area contributed by atoms with Crippen LogP contribution in [-0.4, -0.2) is 33.6 Å². The summed E-state index contributed by atoms with van der Waals surface area (Å²) in [6, 6.07) is 13.2. The minimum Gasteiger partial charge on any atom is -0.508 e. The molecule has 0 saturated carbocycles. The van der Waals surface area contributed by atoms with Crippen LogP contribution in [0.5, 0.6) is 11.5 Å². The third kappa shape index (κ3) is 6.55. The first-order valence-electron chi connectivity index (χ1n) is 9.41. The van der Waals surface area contributed by atoms with E-state index in [-0.39, 0.29) is 29.9 Å². The second kappa shape index (κ2) is 9.57. The summed E-state index contributed by atoms with van der Waals surface area (Å²) in [4.78, 5) is 12.2. The SMILES string of the molecule is CC(C)C(=O)O[C@](C)(CCc1ccc(O)cc1)NCC(O)c1ccc(O)cc1. The lowest BCUT2D eigenvalue weighted by molar-refractivity contribution is -0.167. The maximum Gasteiger partial charge on any atom is 0.310 e. The van der Waals surface area contributed by atoms with Crippen LogP contribution in [0.15, 0.2) is 48.5 Å². The van der Waals surface area contributed by atoms with Crippen LogP contribution in [0.3, 0.4) is 0 Å². The highest BCUT2D eigenvalue weighted by atomic mass is 16.6. The lowest BCUT2D eigenvalue weighted by Gasteiger charge is -2.32. The predicted molar refractivity (Wildman–Crippen MR) is 107 cm³/mol. The van der Waals surface area contributed by atoms with Crippen LogP contribution in [0.25, 0.3) is 0 Å². The van der Waals surface area contributed by atoms with Gasteiger partial charge in [0, 0.05) is 13.0 Å². The number of ether oxygens (including phenoxy) is 1. The summed E-state index contributed by atoms with van der Waals surface area (Å²) >= 11 is 0. The summed E-state index contributed by atoms with van der Waals surface area (Å²) < 4.78 is 5.70. The molecule has 6 heteroatoms. The monoisotopic (exact) mass is 387 g/mol. The minimum absolute atomic E-state index is 0.133. The van der Waals surface area contributed by atoms with E-state index in [4.69, 9.17) is 4.74 Å². The van der Waals surface area contributed by atoms with Gasteiger partial charge in [-0.25, -0.2) is 0 Å². The quantitative estimate of drug-likeness (QED) is 0.389. The molecule has 28 heavy (non-hydrogen) atoms. The molecule has 0 saturated heterocycles. The summed E-state index contributed by atoms with van der Waals surface area (Å²) in [6.45, 7) is 5.52. The smallest absolute Gasteiger partial charge is 0.310 e. The Morgan fingerprint density at radius 1 is 1.04 bits per heavy atom. The van der Waals surface area contributed by atoms with Crippen LogP contribution in [-0.2, 0) is 16.0 Å². The van der Waals surface area contributed by atoms with E-state index in [1.165, 1.54) is 12.1 Å². The Labute approximate surface area is 165 Å². The predicted octanol–water partition coefficient (Wildman–Crippen LogP) is 3.27. The number of aromatic hydroxyl groups is 2. The number of benzene rings is 2. The Morgan fingerprint density at radius 2 is 1.57 bits per heavy atom. The zero-order valence-corrected chi connectivity index (χ0v) is 16.6. The average Bonchev–Trinajstić information content (AvgIpc) is 2.66. The van der Waals surface area contributed by atoms with E-state index in [0.717, 1.165) is 5.56 Å². The molecular weight excluding hydrogens is 358 g/mol. The van der Waals surface area contributed by atoms with E-state index >= 15 is 0 Å². The molecule has 0 radical (unpaired) electrons. The van der Waals surface area contributed by atoms with Gasteiger partial charge in [0.05, 0.1) is 12.0 Å². The third-order valence-electron chi connectivity index (χ3n) is 4.57. The maximum atomic E-state index is 12.2. The molecule has 0 heterocycles. The summed E-state index contributed by atoms with van der Waals surface area (Å²) in [5.41, 5.74) is 0.698. The fraction of sp³-hybridized carbons (Fsp3) is 0.409. The maximum absolute atomic E-state index is 12.2. The molecule has 0 bridgehead atoms. The molecule has 0 aliphatic heterocycles. The highest BCUT2D eigenvalue weighted by molar-refractivity contribution is 5.72. The molecule has 2 aromatic carbocycles. The summed E-state index contributed by atoms with van der Waals surface area (Å²) in [6.07, 6.45) is 0.314. The van der Waals surface area contributed by atoms with Crippen molar-refractivity contribution < 1.29 is 24.9 Å². The van der Waals surface area contributed by atoms with Crippen molar-refractivity contribution in [2.45, 2.75) is 45.4 Å². The van der Waals surface area contributed by atoms with Crippen molar-refractivity contribution in [2.75, 3.05) is 6.54 Å². The molecule has 152 valence electrons. The molecule has 0 aromatic heterocycles. The van der Waals surface area contributed by atoms with Crippen molar-refractivity contribution in [3.8, 4) is 11.5 Å². The summed E-state index contributed by atoms with van der Waals surface area (Å²) in [5, 5.41) is 32.4. The van der Waals surface area contributed by atoms with Crippen molar-refractivity contribution in [1.29, 1.82) is 0 Å². The Kier molecular flexibility index (Phi) is 7.43. The lowest BCUT2D eigenvalue weighted by Crippen LogP contribution is -2.49. The molecule has 0 aliphatic carbocycles. The summed E-state index contributed by atoms with van der Waals surface area (Å²) in [7, 11) is 0. The number of nitrogens with one attached hydrogen (secondary N) is 1. The van der Waals surface area contributed by atoms with Gasteiger partial charge >= 0.3 is 5.97 Å². The van der Waals surface area contributed by atoms with E-state index in [2.05, 4.69) is 5.32 Å². The zero-order valence-electron chi connectivity index (χ0n) is 16.6. The number of rotatable bonds is 9. The first-order valence-corrected chi connectivity index (χ1v) is 9.41. The largest absolute Gasteiger partial charge is 0.508 e. The van der Waals surface area contributed by atoms with Gasteiger partial charge in [-0.05, 0) is 48.7 Å². The standard InChI is InChI=1S/C22H29NO5/c1-15(2)21(27)28-22(3,13-12-16-4-8-18(24)9-5-16)23-14-20(26)17-6-10-19(25)11-7-17/h4-11,15,20,23-26H,12-14H2,1-3H3/t20?,22-/m1/s1. The van der Waals surface area contributed by atoms with Crippen LogP contribution < -0.4 is 5.32 Å². The molecule has 0 fully saturated rings. The van der Waals surface area contributed by atoms with Crippen LogP contribution in [0.2, 0.25) is 0 Å². The molecule has 0 amide bonds. The number of aryl methyl sites for hydroxylation is 1. The van der Waals surface area contributed by atoms with E-state index in [1.807, 2.05) is 12.1 Å². The minimum atomic E-state index is -0.961. The number of esters is 1. The molecule has 2 aromatic rings. The molecule has 4 N–H and O–H groups in total. The van der Waals surface area contributed by atoms with E-state index in [1.54, 1.807) is 45.0 Å². The molecular formula is C22H29NO5. The Morgan fingerprint density at radius 3 is 2.11 bits per heavy atom. The second-order valence-corrected chi connectivity index (χ2v) is 7.46. The van der Waals surface area contributed by atoms with Crippen LogP contribution in [0, 0.1) is 5.92 Å². The normalized spacial score (nSPS) is 14.5. The lowest BCUT2D eigenvalue weighted by atomic mass is 10.0. The van der Waals surface area contributed by atoms with Crippen LogP contribution >= 0.6 is 0 Å². The fourth-order valence-electron chi connectivity index (χ4n) is 2.69. The average molecular weight is 387 g/mol. The number of hydrogen-bond acceptors (Lipinski definition) is 6. The Bertz CT molecular complexity index is 758. The van der Waals surface area contributed by atoms with Gasteiger partial charge in [0.2, 0.25) is 0 Å². The fourth-order valence-corrected chi connectivity index (χ4v) is 2.69. The van der Waals surface area contributed by atoms with Gasteiger partial charge in [-0.1, -0.05) is 38.1 Å². The summed E-state index contributed by atoms with van der Waals surface area (Å²) in [5.74, 6) is -0.252. The highest BCUT2D eigenvalue weighted by Crippen LogP contribution is 2.22. The molecule has 2 atom stereocenters. The van der Waals surface area contributed by atoms with Gasteiger partial charge in [-0.2, -0.15) is 0 Å². The van der Waals surface area contributed by atoms with Crippen LogP contribution in [0.1, 0.15) is 44.4 Å². The Balaban J connectivity index is 2.05. The van der Waals surface area contributed by atoms with Crippen molar-refractivity contribution in [3.05, 3.63) is 59.7 Å². The van der Waals surface area contributed by atoms with Gasteiger partial charge in [0.25, 0.3) is 0 Å². The van der Waals surface area contributed by atoms with Gasteiger partial charge in [-0.15, -0.1) is 0 Å². The number of aliphatic hydroxyl groups excluding tert-OH is 1. The van der Waals surface area contributed by atoms with Crippen LogP contribution in [0.4, 0.5) is 0 Å². The van der Waals surface area contributed by atoms with Gasteiger partial charge in [0.15, 0.2) is 5.72 Å². The number of aliphatic hydroxyl groups is 1. The molecule has 6 nitrogen and oxygen atoms in total. The number of carbonyl (C=O) groups is 1. The Hall–Kier alpha value is -2.57. The molecule has 0 aliphatic rings. The third-order valence-corrected chi connectivity index (χ3v) is 4.57. The zero-order chi connectivity index (χ0) is 20.7. The van der Waals surface area contributed by atoms with Crippen molar-refractivity contribution >= 4 is 5.97 Å². The molecule has 2 rings (SSSR count). The highest BCUT2D eigenvalue weighted by Gasteiger charge is 2.30. The molecule has 0 spiro atoms. The van der Waals surface area contributed by atoms with Crippen molar-refractivity contribution in [2.24, 2.45) is 5.92 Å². The van der Waals surface area contributed by atoms with E-state index < -0.39 is 11.8 Å². The van der Waals surface area contributed by atoms with Crippen molar-refractivity contribution in [1.82, 2.24) is 5.32 Å². The first-order chi connectivity index (χ1) is 13.2.